The minimum Gasteiger partial charge on any atom is -0.330 e. The molecule has 1 heterocycles. The van der Waals surface area contributed by atoms with Crippen LogP contribution in [0.1, 0.15) is 32.1 Å². The molecule has 0 aromatic rings. The first-order valence-corrected chi connectivity index (χ1v) is 6.83. The third-order valence-electron chi connectivity index (χ3n) is 4.15. The third-order valence-corrected chi connectivity index (χ3v) is 4.15. The molecule has 94 valence electrons. The molecular weight excluding hydrogens is 198 g/mol. The lowest BCUT2D eigenvalue weighted by atomic mass is 9.87. The Balaban J connectivity index is 1.93. The Labute approximate surface area is 100.0 Å². The Hall–Kier alpha value is -0.120. The van der Waals surface area contributed by atoms with Crippen LogP contribution in [0, 0.1) is 5.92 Å². The summed E-state index contributed by atoms with van der Waals surface area (Å²) in [7, 11) is 4.34. The minimum atomic E-state index is 0.745. The first kappa shape index (κ1) is 12.3. The van der Waals surface area contributed by atoms with Gasteiger partial charge in [0.15, 0.2) is 0 Å². The molecular formula is C13H27N3. The van der Waals surface area contributed by atoms with E-state index >= 15 is 0 Å². The molecule has 1 aliphatic heterocycles. The molecule has 0 bridgehead atoms. The monoisotopic (exact) mass is 225 g/mol. The molecule has 2 N–H and O–H groups in total. The number of hydrogen-bond donors (Lipinski definition) is 1. The predicted molar refractivity (Wildman–Crippen MR) is 68.5 cm³/mol. The van der Waals surface area contributed by atoms with Gasteiger partial charge in [-0.3, -0.25) is 4.90 Å². The van der Waals surface area contributed by atoms with Crippen LogP contribution in [0.2, 0.25) is 0 Å². The van der Waals surface area contributed by atoms with E-state index < -0.39 is 0 Å². The van der Waals surface area contributed by atoms with Gasteiger partial charge in [-0.1, -0.05) is 0 Å². The normalized spacial score (nSPS) is 32.2. The Morgan fingerprint density at radius 1 is 1.25 bits per heavy atom. The predicted octanol–water partition coefficient (Wildman–Crippen LogP) is 1.14. The van der Waals surface area contributed by atoms with Crippen molar-refractivity contribution in [2.45, 2.75) is 44.2 Å². The van der Waals surface area contributed by atoms with Crippen LogP contribution < -0.4 is 5.73 Å². The first-order valence-electron chi connectivity index (χ1n) is 6.83. The van der Waals surface area contributed by atoms with Crippen LogP contribution in [-0.2, 0) is 0 Å². The zero-order valence-electron chi connectivity index (χ0n) is 10.9. The van der Waals surface area contributed by atoms with Gasteiger partial charge in [0.2, 0.25) is 0 Å². The zero-order chi connectivity index (χ0) is 11.5. The van der Waals surface area contributed by atoms with E-state index in [1.54, 1.807) is 0 Å². The third kappa shape index (κ3) is 2.96. The summed E-state index contributed by atoms with van der Waals surface area (Å²) < 4.78 is 0. The quantitative estimate of drug-likeness (QED) is 0.761. The second-order valence-electron chi connectivity index (χ2n) is 5.77. The number of hydrogen-bond acceptors (Lipinski definition) is 3. The van der Waals surface area contributed by atoms with Gasteiger partial charge >= 0.3 is 0 Å². The molecule has 3 heteroatoms. The first-order chi connectivity index (χ1) is 7.72. The fraction of sp³-hybridized carbons (Fsp3) is 1.00. The zero-order valence-corrected chi connectivity index (χ0v) is 10.9. The van der Waals surface area contributed by atoms with E-state index in [9.17, 15) is 0 Å². The van der Waals surface area contributed by atoms with Crippen molar-refractivity contribution in [3.8, 4) is 0 Å². The largest absolute Gasteiger partial charge is 0.330 e. The van der Waals surface area contributed by atoms with Gasteiger partial charge in [-0.05, 0) is 71.8 Å². The number of rotatable bonds is 5. The second kappa shape index (κ2) is 5.48. The van der Waals surface area contributed by atoms with Crippen LogP contribution in [-0.4, -0.2) is 55.6 Å². The van der Waals surface area contributed by atoms with Gasteiger partial charge in [-0.15, -0.1) is 0 Å². The van der Waals surface area contributed by atoms with Crippen LogP contribution in [0.15, 0.2) is 0 Å². The standard InChI is InChI=1S/C13H27N3/c1-15(2)9-7-13-11(10-14)4-3-8-16(13)12-5-6-12/h11-13H,3-10,14H2,1-2H3/t11-,13-/m1/s1. The molecule has 0 aromatic heterocycles. The van der Waals surface area contributed by atoms with Crippen LogP contribution in [0.5, 0.6) is 0 Å². The molecule has 2 atom stereocenters. The SMILES string of the molecule is CN(C)CC[C@@H]1[C@@H](CN)CCCN1C1CC1. The number of nitrogens with two attached hydrogens (primary N) is 1. The van der Waals surface area contributed by atoms with Gasteiger partial charge in [0.1, 0.15) is 0 Å². The van der Waals surface area contributed by atoms with Crippen LogP contribution in [0.4, 0.5) is 0 Å². The van der Waals surface area contributed by atoms with Crippen molar-refractivity contribution < 1.29 is 0 Å². The summed E-state index contributed by atoms with van der Waals surface area (Å²) in [6.07, 6.45) is 6.85. The summed E-state index contributed by atoms with van der Waals surface area (Å²) in [5.41, 5.74) is 5.94. The van der Waals surface area contributed by atoms with E-state index in [4.69, 9.17) is 5.73 Å². The molecule has 1 saturated carbocycles. The van der Waals surface area contributed by atoms with E-state index in [1.807, 2.05) is 0 Å². The smallest absolute Gasteiger partial charge is 0.0151 e. The molecule has 3 nitrogen and oxygen atoms in total. The summed E-state index contributed by atoms with van der Waals surface area (Å²) in [4.78, 5) is 5.07. The van der Waals surface area contributed by atoms with Crippen molar-refractivity contribution in [2.24, 2.45) is 11.7 Å². The van der Waals surface area contributed by atoms with Crippen molar-refractivity contribution in [1.29, 1.82) is 0 Å². The molecule has 1 aliphatic carbocycles. The highest BCUT2D eigenvalue weighted by Crippen LogP contribution is 2.35. The van der Waals surface area contributed by atoms with E-state index in [0.29, 0.717) is 0 Å². The molecule has 0 spiro atoms. The summed E-state index contributed by atoms with van der Waals surface area (Å²) in [5.74, 6) is 0.745. The van der Waals surface area contributed by atoms with Crippen molar-refractivity contribution in [2.75, 3.05) is 33.7 Å². The average molecular weight is 225 g/mol. The van der Waals surface area contributed by atoms with E-state index in [-0.39, 0.29) is 0 Å². The van der Waals surface area contributed by atoms with Crippen molar-refractivity contribution in [3.05, 3.63) is 0 Å². The second-order valence-corrected chi connectivity index (χ2v) is 5.77. The highest BCUT2D eigenvalue weighted by molar-refractivity contribution is 4.94. The van der Waals surface area contributed by atoms with E-state index in [1.165, 1.54) is 45.2 Å². The summed E-state index contributed by atoms with van der Waals surface area (Å²) in [5, 5.41) is 0. The van der Waals surface area contributed by atoms with Gasteiger partial charge in [0, 0.05) is 12.1 Å². The van der Waals surface area contributed by atoms with Gasteiger partial charge in [-0.25, -0.2) is 0 Å². The lowest BCUT2D eigenvalue weighted by Gasteiger charge is -2.42. The topological polar surface area (TPSA) is 32.5 Å². The van der Waals surface area contributed by atoms with Gasteiger partial charge in [0.25, 0.3) is 0 Å². The summed E-state index contributed by atoms with van der Waals surface area (Å²) >= 11 is 0. The van der Waals surface area contributed by atoms with E-state index in [2.05, 4.69) is 23.9 Å². The molecule has 0 amide bonds. The van der Waals surface area contributed by atoms with Crippen LogP contribution in [0.25, 0.3) is 0 Å². The molecule has 0 radical (unpaired) electrons. The molecule has 0 unspecified atom stereocenters. The van der Waals surface area contributed by atoms with E-state index in [0.717, 1.165) is 24.5 Å². The van der Waals surface area contributed by atoms with Crippen molar-refractivity contribution in [3.63, 3.8) is 0 Å². The Morgan fingerprint density at radius 2 is 2.00 bits per heavy atom. The molecule has 1 saturated heterocycles. The average Bonchev–Trinajstić information content (AvgIpc) is 3.09. The fourth-order valence-corrected chi connectivity index (χ4v) is 3.09. The Morgan fingerprint density at radius 3 is 2.56 bits per heavy atom. The Kier molecular flexibility index (Phi) is 4.22. The number of likely N-dealkylation sites (tertiary alicyclic amines) is 1. The maximum absolute atomic E-state index is 5.94. The highest BCUT2D eigenvalue weighted by atomic mass is 15.2. The Bertz CT molecular complexity index is 213. The lowest BCUT2D eigenvalue weighted by molar-refractivity contribution is 0.0762. The number of piperidine rings is 1. The van der Waals surface area contributed by atoms with Crippen LogP contribution in [0.3, 0.4) is 0 Å². The summed E-state index contributed by atoms with van der Waals surface area (Å²) in [6, 6.07) is 1.66. The van der Waals surface area contributed by atoms with Crippen molar-refractivity contribution >= 4 is 0 Å². The molecule has 2 fully saturated rings. The fourth-order valence-electron chi connectivity index (χ4n) is 3.09. The highest BCUT2D eigenvalue weighted by Gasteiger charge is 2.38. The van der Waals surface area contributed by atoms with Crippen LogP contribution >= 0.6 is 0 Å². The number of nitrogens with zero attached hydrogens (tertiary/aromatic N) is 2. The summed E-state index contributed by atoms with van der Waals surface area (Å²) in [6.45, 7) is 3.39. The minimum absolute atomic E-state index is 0.745. The molecule has 0 aromatic carbocycles. The maximum Gasteiger partial charge on any atom is 0.0151 e. The molecule has 2 rings (SSSR count). The van der Waals surface area contributed by atoms with Gasteiger partial charge < -0.3 is 10.6 Å². The molecule has 2 aliphatic rings. The van der Waals surface area contributed by atoms with Gasteiger partial charge in [0.05, 0.1) is 0 Å². The van der Waals surface area contributed by atoms with Crippen molar-refractivity contribution in [1.82, 2.24) is 9.80 Å². The maximum atomic E-state index is 5.94. The van der Waals surface area contributed by atoms with Gasteiger partial charge in [-0.2, -0.15) is 0 Å². The molecule has 16 heavy (non-hydrogen) atoms. The lowest BCUT2D eigenvalue weighted by Crippen LogP contribution is -2.49.